The van der Waals surface area contributed by atoms with E-state index in [0.29, 0.717) is 11.6 Å². The van der Waals surface area contributed by atoms with E-state index in [1.54, 1.807) is 12.3 Å². The molecule has 0 saturated heterocycles. The monoisotopic (exact) mass is 287 g/mol. The SMILES string of the molecule is CCCNC(C)C(C)c1ccnc2c([N+](=O)[O-])cccc12. The summed E-state index contributed by atoms with van der Waals surface area (Å²) in [7, 11) is 0. The second-order valence-corrected chi connectivity index (χ2v) is 5.36. The summed E-state index contributed by atoms with van der Waals surface area (Å²) in [5.41, 5.74) is 1.63. The van der Waals surface area contributed by atoms with Crippen molar-refractivity contribution < 1.29 is 4.92 Å². The van der Waals surface area contributed by atoms with Gasteiger partial charge in [-0.05, 0) is 37.4 Å². The fourth-order valence-corrected chi connectivity index (χ4v) is 2.54. The lowest BCUT2D eigenvalue weighted by atomic mass is 9.91. The second kappa shape index (κ2) is 6.63. The molecule has 1 aromatic carbocycles. The first-order chi connectivity index (χ1) is 10.1. The molecule has 0 bridgehead atoms. The highest BCUT2D eigenvalue weighted by atomic mass is 16.6. The van der Waals surface area contributed by atoms with Crippen molar-refractivity contribution in [1.82, 2.24) is 10.3 Å². The Kier molecular flexibility index (Phi) is 4.85. The summed E-state index contributed by atoms with van der Waals surface area (Å²) < 4.78 is 0. The molecular formula is C16H21N3O2. The van der Waals surface area contributed by atoms with Gasteiger partial charge in [-0.3, -0.25) is 10.1 Å². The number of fused-ring (bicyclic) bond motifs is 1. The molecule has 0 spiro atoms. The van der Waals surface area contributed by atoms with E-state index in [1.807, 2.05) is 12.1 Å². The molecule has 0 saturated carbocycles. The van der Waals surface area contributed by atoms with Gasteiger partial charge in [-0.2, -0.15) is 0 Å². The Bertz CT molecular complexity index is 642. The average molecular weight is 287 g/mol. The number of nitro benzene ring substituents is 1. The van der Waals surface area contributed by atoms with Gasteiger partial charge in [-0.15, -0.1) is 0 Å². The number of hydrogen-bond acceptors (Lipinski definition) is 4. The van der Waals surface area contributed by atoms with Crippen LogP contribution in [-0.2, 0) is 0 Å². The third-order valence-electron chi connectivity index (χ3n) is 3.94. The molecule has 2 unspecified atom stereocenters. The maximum Gasteiger partial charge on any atom is 0.295 e. The van der Waals surface area contributed by atoms with Crippen LogP contribution in [0, 0.1) is 10.1 Å². The first-order valence-electron chi connectivity index (χ1n) is 7.31. The molecule has 21 heavy (non-hydrogen) atoms. The summed E-state index contributed by atoms with van der Waals surface area (Å²) in [6.07, 6.45) is 2.74. The van der Waals surface area contributed by atoms with E-state index < -0.39 is 0 Å². The molecule has 0 fully saturated rings. The molecule has 0 radical (unpaired) electrons. The highest BCUT2D eigenvalue weighted by Gasteiger charge is 2.20. The quantitative estimate of drug-likeness (QED) is 0.650. The summed E-state index contributed by atoms with van der Waals surface area (Å²) in [6, 6.07) is 7.40. The number of nitrogens with zero attached hydrogens (tertiary/aromatic N) is 2. The lowest BCUT2D eigenvalue weighted by molar-refractivity contribution is -0.383. The molecule has 2 rings (SSSR count). The van der Waals surface area contributed by atoms with Crippen molar-refractivity contribution in [1.29, 1.82) is 0 Å². The minimum atomic E-state index is -0.372. The van der Waals surface area contributed by atoms with Crippen molar-refractivity contribution >= 4 is 16.6 Å². The standard InChI is InChI=1S/C16H21N3O2/c1-4-9-17-12(3)11(2)13-8-10-18-16-14(13)6-5-7-15(16)19(20)21/h5-8,10-12,17H,4,9H2,1-3H3. The molecule has 0 aliphatic heterocycles. The Labute approximate surface area is 124 Å². The fourth-order valence-electron chi connectivity index (χ4n) is 2.54. The van der Waals surface area contributed by atoms with E-state index in [1.165, 1.54) is 6.07 Å². The molecule has 0 amide bonds. The van der Waals surface area contributed by atoms with Gasteiger partial charge in [0.25, 0.3) is 5.69 Å². The van der Waals surface area contributed by atoms with Crippen LogP contribution in [0.25, 0.3) is 10.9 Å². The largest absolute Gasteiger partial charge is 0.314 e. The third kappa shape index (κ3) is 3.19. The number of pyridine rings is 1. The van der Waals surface area contributed by atoms with Crippen LogP contribution in [0.4, 0.5) is 5.69 Å². The topological polar surface area (TPSA) is 68.1 Å². The Morgan fingerprint density at radius 3 is 2.76 bits per heavy atom. The van der Waals surface area contributed by atoms with Crippen LogP contribution in [0.2, 0.25) is 0 Å². The van der Waals surface area contributed by atoms with Gasteiger partial charge in [0.05, 0.1) is 4.92 Å². The molecule has 0 aliphatic carbocycles. The van der Waals surface area contributed by atoms with Gasteiger partial charge < -0.3 is 5.32 Å². The summed E-state index contributed by atoms with van der Waals surface area (Å²) >= 11 is 0. The van der Waals surface area contributed by atoms with Crippen molar-refractivity contribution in [2.24, 2.45) is 0 Å². The van der Waals surface area contributed by atoms with Crippen molar-refractivity contribution in [2.75, 3.05) is 6.54 Å². The molecule has 1 aromatic heterocycles. The Morgan fingerprint density at radius 2 is 2.10 bits per heavy atom. The first kappa shape index (κ1) is 15.4. The van der Waals surface area contributed by atoms with Crippen molar-refractivity contribution in [3.05, 3.63) is 46.1 Å². The zero-order valence-corrected chi connectivity index (χ0v) is 12.7. The molecule has 1 heterocycles. The number of aromatic nitrogens is 1. The number of non-ortho nitro benzene ring substituents is 1. The molecule has 5 nitrogen and oxygen atoms in total. The summed E-state index contributed by atoms with van der Waals surface area (Å²) in [4.78, 5) is 15.0. The predicted octanol–water partition coefficient (Wildman–Crippen LogP) is 3.63. The number of nitrogens with one attached hydrogen (secondary N) is 1. The van der Waals surface area contributed by atoms with Crippen molar-refractivity contribution in [2.45, 2.75) is 39.2 Å². The second-order valence-electron chi connectivity index (χ2n) is 5.36. The van der Waals surface area contributed by atoms with Gasteiger partial charge in [0, 0.05) is 23.7 Å². The minimum Gasteiger partial charge on any atom is -0.314 e. The normalized spacial score (nSPS) is 14.0. The highest BCUT2D eigenvalue weighted by molar-refractivity contribution is 5.89. The molecular weight excluding hydrogens is 266 g/mol. The molecule has 112 valence electrons. The lowest BCUT2D eigenvalue weighted by Gasteiger charge is -2.22. The number of nitro groups is 1. The number of rotatable bonds is 6. The number of para-hydroxylation sites is 1. The summed E-state index contributed by atoms with van der Waals surface area (Å²) in [5.74, 6) is 0.254. The van der Waals surface area contributed by atoms with Gasteiger partial charge in [0.2, 0.25) is 0 Å². The van der Waals surface area contributed by atoms with Gasteiger partial charge in [0.15, 0.2) is 0 Å². The number of benzene rings is 1. The molecule has 2 aromatic rings. The Balaban J connectivity index is 2.45. The van der Waals surface area contributed by atoms with E-state index >= 15 is 0 Å². The zero-order valence-electron chi connectivity index (χ0n) is 12.7. The van der Waals surface area contributed by atoms with Crippen LogP contribution in [0.1, 0.15) is 38.7 Å². The van der Waals surface area contributed by atoms with Gasteiger partial charge in [-0.25, -0.2) is 4.98 Å². The van der Waals surface area contributed by atoms with Crippen LogP contribution < -0.4 is 5.32 Å². The van der Waals surface area contributed by atoms with Crippen molar-refractivity contribution in [3.63, 3.8) is 0 Å². The molecule has 5 heteroatoms. The lowest BCUT2D eigenvalue weighted by Crippen LogP contribution is -2.31. The predicted molar refractivity (Wildman–Crippen MR) is 84.6 cm³/mol. The van der Waals surface area contributed by atoms with E-state index in [9.17, 15) is 10.1 Å². The van der Waals surface area contributed by atoms with E-state index in [4.69, 9.17) is 0 Å². The third-order valence-corrected chi connectivity index (χ3v) is 3.94. The summed E-state index contributed by atoms with van der Waals surface area (Å²) in [5, 5.41) is 15.5. The Hall–Kier alpha value is -2.01. The van der Waals surface area contributed by atoms with Crippen LogP contribution >= 0.6 is 0 Å². The average Bonchev–Trinajstić information content (AvgIpc) is 2.50. The van der Waals surface area contributed by atoms with E-state index in [0.717, 1.165) is 23.9 Å². The van der Waals surface area contributed by atoms with E-state index in [2.05, 4.69) is 31.1 Å². The van der Waals surface area contributed by atoms with E-state index in [-0.39, 0.29) is 16.5 Å². The number of hydrogen-bond donors (Lipinski definition) is 1. The zero-order chi connectivity index (χ0) is 15.4. The van der Waals surface area contributed by atoms with Crippen LogP contribution in [0.15, 0.2) is 30.5 Å². The fraction of sp³-hybridized carbons (Fsp3) is 0.438. The van der Waals surface area contributed by atoms with Crippen molar-refractivity contribution in [3.8, 4) is 0 Å². The van der Waals surface area contributed by atoms with Crippen LogP contribution in [0.5, 0.6) is 0 Å². The van der Waals surface area contributed by atoms with Gasteiger partial charge in [0.1, 0.15) is 5.52 Å². The maximum absolute atomic E-state index is 11.1. The summed E-state index contributed by atoms with van der Waals surface area (Å²) in [6.45, 7) is 7.38. The minimum absolute atomic E-state index is 0.0655. The van der Waals surface area contributed by atoms with Crippen LogP contribution in [-0.4, -0.2) is 22.5 Å². The highest BCUT2D eigenvalue weighted by Crippen LogP contribution is 2.30. The molecule has 0 aliphatic rings. The Morgan fingerprint density at radius 1 is 1.33 bits per heavy atom. The molecule has 1 N–H and O–H groups in total. The smallest absolute Gasteiger partial charge is 0.295 e. The van der Waals surface area contributed by atoms with Gasteiger partial charge >= 0.3 is 0 Å². The molecule has 2 atom stereocenters. The van der Waals surface area contributed by atoms with Crippen LogP contribution in [0.3, 0.4) is 0 Å². The maximum atomic E-state index is 11.1. The first-order valence-corrected chi connectivity index (χ1v) is 7.31. The van der Waals surface area contributed by atoms with Gasteiger partial charge in [-0.1, -0.05) is 26.0 Å².